The number of aliphatic hydroxyl groups is 1. The van der Waals surface area contributed by atoms with Crippen molar-refractivity contribution in [3.8, 4) is 0 Å². The van der Waals surface area contributed by atoms with E-state index >= 15 is 0 Å². The Hall–Kier alpha value is -1.35. The van der Waals surface area contributed by atoms with E-state index in [0.717, 1.165) is 0 Å². The lowest BCUT2D eigenvalue weighted by Gasteiger charge is -2.32. The second-order valence-electron chi connectivity index (χ2n) is 7.22. The molecule has 25 heavy (non-hydrogen) atoms. The van der Waals surface area contributed by atoms with E-state index in [4.69, 9.17) is 5.73 Å². The molecular formula is C16H28F3N3O3. The molecule has 0 spiro atoms. The SMILES string of the molecule is CC(C)[C@H](N)C(=O)N1CCC[C@H]1C(=O)N[C@@H](C(C)C)[C@@H](O)C(F)(F)F. The van der Waals surface area contributed by atoms with Gasteiger partial charge in [-0.25, -0.2) is 0 Å². The Labute approximate surface area is 145 Å². The fraction of sp³-hybridized carbons (Fsp3) is 0.875. The summed E-state index contributed by atoms with van der Waals surface area (Å²) in [5, 5.41) is 11.8. The number of halogens is 3. The molecule has 0 radical (unpaired) electrons. The number of alkyl halides is 3. The topological polar surface area (TPSA) is 95.7 Å². The normalized spacial score (nSPS) is 22.2. The molecule has 4 N–H and O–H groups in total. The third kappa shape index (κ3) is 5.31. The fourth-order valence-corrected chi connectivity index (χ4v) is 2.85. The molecule has 4 atom stereocenters. The Morgan fingerprint density at radius 3 is 2.20 bits per heavy atom. The number of likely N-dealkylation sites (tertiary alicyclic amines) is 1. The Kier molecular flexibility index (Phi) is 7.25. The van der Waals surface area contributed by atoms with Crippen LogP contribution in [0.5, 0.6) is 0 Å². The van der Waals surface area contributed by atoms with Gasteiger partial charge < -0.3 is 21.1 Å². The molecular weight excluding hydrogens is 339 g/mol. The standard InChI is InChI=1S/C16H28F3N3O3/c1-8(2)11(20)15(25)22-7-5-6-10(22)14(24)21-12(9(3)4)13(23)16(17,18)19/h8-13,23H,5-7,20H2,1-4H3,(H,21,24)/t10-,11-,12-,13+/m0/s1. The Balaban J connectivity index is 2.88. The van der Waals surface area contributed by atoms with Crippen LogP contribution in [0.4, 0.5) is 13.2 Å². The number of nitrogens with one attached hydrogen (secondary N) is 1. The van der Waals surface area contributed by atoms with E-state index in [2.05, 4.69) is 5.32 Å². The van der Waals surface area contributed by atoms with Gasteiger partial charge in [0.05, 0.1) is 12.1 Å². The fourth-order valence-electron chi connectivity index (χ4n) is 2.85. The molecule has 2 amide bonds. The lowest BCUT2D eigenvalue weighted by Crippen LogP contribution is -2.58. The van der Waals surface area contributed by atoms with Gasteiger partial charge in [-0.05, 0) is 24.7 Å². The van der Waals surface area contributed by atoms with E-state index in [0.29, 0.717) is 19.4 Å². The van der Waals surface area contributed by atoms with Gasteiger partial charge in [0.25, 0.3) is 0 Å². The van der Waals surface area contributed by atoms with Gasteiger partial charge in [0.2, 0.25) is 11.8 Å². The van der Waals surface area contributed by atoms with Gasteiger partial charge >= 0.3 is 6.18 Å². The molecule has 0 saturated carbocycles. The Bertz CT molecular complexity index is 483. The van der Waals surface area contributed by atoms with Crippen molar-refractivity contribution in [3.05, 3.63) is 0 Å². The van der Waals surface area contributed by atoms with Crippen molar-refractivity contribution >= 4 is 11.8 Å². The molecule has 1 fully saturated rings. The predicted molar refractivity (Wildman–Crippen MR) is 86.4 cm³/mol. The minimum atomic E-state index is -4.84. The predicted octanol–water partition coefficient (Wildman–Crippen LogP) is 1.02. The molecule has 1 heterocycles. The van der Waals surface area contributed by atoms with Crippen LogP contribution in [-0.4, -0.2) is 58.8 Å². The van der Waals surface area contributed by atoms with E-state index in [1.54, 1.807) is 13.8 Å². The zero-order valence-electron chi connectivity index (χ0n) is 15.0. The quantitative estimate of drug-likeness (QED) is 0.653. The second-order valence-corrected chi connectivity index (χ2v) is 7.22. The number of carbonyl (C=O) groups excluding carboxylic acids is 2. The number of hydrogen-bond acceptors (Lipinski definition) is 4. The molecule has 1 aliphatic heterocycles. The second kappa shape index (κ2) is 8.35. The minimum Gasteiger partial charge on any atom is -0.382 e. The minimum absolute atomic E-state index is 0.118. The van der Waals surface area contributed by atoms with E-state index in [1.165, 1.54) is 18.7 Å². The van der Waals surface area contributed by atoms with Gasteiger partial charge in [-0.2, -0.15) is 13.2 Å². The molecule has 0 bridgehead atoms. The number of carbonyl (C=O) groups is 2. The first-order valence-electron chi connectivity index (χ1n) is 8.49. The van der Waals surface area contributed by atoms with Gasteiger partial charge in [-0.1, -0.05) is 27.7 Å². The number of hydrogen-bond donors (Lipinski definition) is 3. The molecule has 1 aliphatic rings. The highest BCUT2D eigenvalue weighted by Gasteiger charge is 2.46. The zero-order valence-corrected chi connectivity index (χ0v) is 15.0. The van der Waals surface area contributed by atoms with Crippen LogP contribution in [0.15, 0.2) is 0 Å². The van der Waals surface area contributed by atoms with Crippen molar-refractivity contribution in [1.82, 2.24) is 10.2 Å². The maximum absolute atomic E-state index is 12.8. The molecule has 0 unspecified atom stereocenters. The number of aliphatic hydroxyl groups excluding tert-OH is 1. The molecule has 0 aromatic heterocycles. The summed E-state index contributed by atoms with van der Waals surface area (Å²) in [6.45, 7) is 6.86. The largest absolute Gasteiger partial charge is 0.416 e. The maximum atomic E-state index is 12.8. The Morgan fingerprint density at radius 1 is 1.20 bits per heavy atom. The van der Waals surface area contributed by atoms with Crippen molar-refractivity contribution in [2.75, 3.05) is 6.54 Å². The van der Waals surface area contributed by atoms with Crippen molar-refractivity contribution < 1.29 is 27.9 Å². The van der Waals surface area contributed by atoms with Crippen LogP contribution < -0.4 is 11.1 Å². The smallest absolute Gasteiger partial charge is 0.382 e. The van der Waals surface area contributed by atoms with Gasteiger partial charge in [0.15, 0.2) is 6.10 Å². The van der Waals surface area contributed by atoms with Crippen molar-refractivity contribution in [2.45, 2.75) is 70.9 Å². The monoisotopic (exact) mass is 367 g/mol. The van der Waals surface area contributed by atoms with E-state index in [9.17, 15) is 27.9 Å². The molecule has 1 saturated heterocycles. The highest BCUT2D eigenvalue weighted by atomic mass is 19.4. The van der Waals surface area contributed by atoms with E-state index < -0.39 is 42.2 Å². The third-order valence-electron chi connectivity index (χ3n) is 4.54. The summed E-state index contributed by atoms with van der Waals surface area (Å²) in [5.74, 6) is -1.83. The number of rotatable bonds is 6. The molecule has 0 aromatic rings. The first-order valence-corrected chi connectivity index (χ1v) is 8.49. The molecule has 6 nitrogen and oxygen atoms in total. The summed E-state index contributed by atoms with van der Waals surface area (Å²) in [6.07, 6.45) is -6.58. The average molecular weight is 367 g/mol. The highest BCUT2D eigenvalue weighted by molar-refractivity contribution is 5.90. The summed E-state index contributed by atoms with van der Waals surface area (Å²) in [5.41, 5.74) is 5.85. The van der Waals surface area contributed by atoms with Crippen molar-refractivity contribution in [2.24, 2.45) is 17.6 Å². The van der Waals surface area contributed by atoms with Gasteiger partial charge in [0.1, 0.15) is 6.04 Å². The number of nitrogens with two attached hydrogens (primary N) is 1. The molecule has 9 heteroatoms. The molecule has 0 aromatic carbocycles. The summed E-state index contributed by atoms with van der Waals surface area (Å²) in [4.78, 5) is 26.2. The first-order chi connectivity index (χ1) is 11.4. The lowest BCUT2D eigenvalue weighted by molar-refractivity contribution is -0.215. The summed E-state index contributed by atoms with van der Waals surface area (Å²) < 4.78 is 38.4. The van der Waals surface area contributed by atoms with Crippen LogP contribution in [0.2, 0.25) is 0 Å². The average Bonchev–Trinajstić information content (AvgIpc) is 2.98. The third-order valence-corrected chi connectivity index (χ3v) is 4.54. The lowest BCUT2D eigenvalue weighted by atomic mass is 9.97. The van der Waals surface area contributed by atoms with Gasteiger partial charge in [-0.15, -0.1) is 0 Å². The first kappa shape index (κ1) is 21.7. The van der Waals surface area contributed by atoms with E-state index in [1.807, 2.05) is 0 Å². The van der Waals surface area contributed by atoms with Gasteiger partial charge in [0, 0.05) is 6.54 Å². The van der Waals surface area contributed by atoms with Crippen molar-refractivity contribution in [3.63, 3.8) is 0 Å². The number of nitrogens with zero attached hydrogens (tertiary/aromatic N) is 1. The van der Waals surface area contributed by atoms with Gasteiger partial charge in [-0.3, -0.25) is 9.59 Å². The summed E-state index contributed by atoms with van der Waals surface area (Å²) in [7, 11) is 0. The van der Waals surface area contributed by atoms with Crippen LogP contribution in [-0.2, 0) is 9.59 Å². The molecule has 1 rings (SSSR count). The highest BCUT2D eigenvalue weighted by Crippen LogP contribution is 2.26. The summed E-state index contributed by atoms with van der Waals surface area (Å²) >= 11 is 0. The summed E-state index contributed by atoms with van der Waals surface area (Å²) in [6, 6.07) is -3.11. The van der Waals surface area contributed by atoms with Crippen LogP contribution in [0.25, 0.3) is 0 Å². The maximum Gasteiger partial charge on any atom is 0.416 e. The van der Waals surface area contributed by atoms with Crippen LogP contribution in [0.1, 0.15) is 40.5 Å². The molecule has 146 valence electrons. The van der Waals surface area contributed by atoms with E-state index in [-0.39, 0.29) is 11.8 Å². The zero-order chi connectivity index (χ0) is 19.5. The Morgan fingerprint density at radius 2 is 1.76 bits per heavy atom. The van der Waals surface area contributed by atoms with Crippen LogP contribution >= 0.6 is 0 Å². The number of amides is 2. The van der Waals surface area contributed by atoms with Crippen molar-refractivity contribution in [1.29, 1.82) is 0 Å². The van der Waals surface area contributed by atoms with Crippen LogP contribution in [0.3, 0.4) is 0 Å². The molecule has 0 aliphatic carbocycles. The van der Waals surface area contributed by atoms with Crippen LogP contribution in [0, 0.1) is 11.8 Å².